The number of hydrogen-bond acceptors (Lipinski definition) is 3. The summed E-state index contributed by atoms with van der Waals surface area (Å²) >= 11 is 0. The molecule has 0 aliphatic heterocycles. The Labute approximate surface area is 107 Å². The highest BCUT2D eigenvalue weighted by Gasteiger charge is 2.35. The predicted octanol–water partition coefficient (Wildman–Crippen LogP) is 1.81. The molecule has 3 heteroatoms. The first-order chi connectivity index (χ1) is 7.82. The molecular weight excluding hydrogens is 212 g/mol. The van der Waals surface area contributed by atoms with Crippen LogP contribution in [0.5, 0.6) is 0 Å². The van der Waals surface area contributed by atoms with Crippen molar-refractivity contribution in [1.29, 1.82) is 0 Å². The van der Waals surface area contributed by atoms with E-state index < -0.39 is 0 Å². The second kappa shape index (κ2) is 6.17. The maximum atomic E-state index is 10.1. The van der Waals surface area contributed by atoms with E-state index in [2.05, 4.69) is 44.8 Å². The van der Waals surface area contributed by atoms with Gasteiger partial charge < -0.3 is 14.9 Å². The molecule has 0 saturated heterocycles. The van der Waals surface area contributed by atoms with Crippen LogP contribution in [-0.2, 0) is 0 Å². The minimum Gasteiger partial charge on any atom is -0.391 e. The van der Waals surface area contributed by atoms with E-state index in [1.165, 1.54) is 6.42 Å². The van der Waals surface area contributed by atoms with Crippen LogP contribution in [0.1, 0.15) is 39.5 Å². The Kier molecular flexibility index (Phi) is 5.42. The largest absolute Gasteiger partial charge is 0.391 e. The van der Waals surface area contributed by atoms with Crippen molar-refractivity contribution < 1.29 is 5.11 Å². The van der Waals surface area contributed by atoms with Crippen molar-refractivity contribution in [3.63, 3.8) is 0 Å². The zero-order chi connectivity index (χ0) is 13.1. The highest BCUT2D eigenvalue weighted by Crippen LogP contribution is 2.37. The van der Waals surface area contributed by atoms with Crippen molar-refractivity contribution >= 4 is 0 Å². The Morgan fingerprint density at radius 1 is 1.18 bits per heavy atom. The van der Waals surface area contributed by atoms with Crippen molar-refractivity contribution in [1.82, 2.24) is 9.80 Å². The summed E-state index contributed by atoms with van der Waals surface area (Å²) < 4.78 is 0. The van der Waals surface area contributed by atoms with E-state index in [1.807, 2.05) is 0 Å². The van der Waals surface area contributed by atoms with E-state index >= 15 is 0 Å². The third-order valence-corrected chi connectivity index (χ3v) is 4.01. The molecule has 1 N–H and O–H groups in total. The lowest BCUT2D eigenvalue weighted by molar-refractivity contribution is -0.00794. The maximum absolute atomic E-state index is 10.1. The van der Waals surface area contributed by atoms with Gasteiger partial charge in [0.25, 0.3) is 0 Å². The summed E-state index contributed by atoms with van der Waals surface area (Å²) in [6.45, 7) is 6.84. The maximum Gasteiger partial charge on any atom is 0.0695 e. The zero-order valence-corrected chi connectivity index (χ0v) is 12.2. The zero-order valence-electron chi connectivity index (χ0n) is 12.2. The van der Waals surface area contributed by atoms with Gasteiger partial charge in [-0.05, 0) is 65.3 Å². The van der Waals surface area contributed by atoms with Crippen molar-refractivity contribution in [3.8, 4) is 0 Å². The van der Waals surface area contributed by atoms with Gasteiger partial charge in [-0.2, -0.15) is 0 Å². The first-order valence-corrected chi connectivity index (χ1v) is 6.85. The van der Waals surface area contributed by atoms with Crippen LogP contribution >= 0.6 is 0 Å². The molecule has 0 heterocycles. The van der Waals surface area contributed by atoms with E-state index in [0.29, 0.717) is 11.5 Å². The molecule has 2 atom stereocenters. The van der Waals surface area contributed by atoms with Crippen molar-refractivity contribution in [3.05, 3.63) is 0 Å². The monoisotopic (exact) mass is 242 g/mol. The number of hydrogen-bond donors (Lipinski definition) is 1. The summed E-state index contributed by atoms with van der Waals surface area (Å²) in [5, 5.41) is 10.1. The molecule has 1 saturated carbocycles. The van der Waals surface area contributed by atoms with Crippen molar-refractivity contribution in [2.24, 2.45) is 5.41 Å². The molecule has 17 heavy (non-hydrogen) atoms. The smallest absolute Gasteiger partial charge is 0.0695 e. The number of nitrogens with zero attached hydrogens (tertiary/aromatic N) is 2. The van der Waals surface area contributed by atoms with Crippen LogP contribution in [0.3, 0.4) is 0 Å². The fourth-order valence-electron chi connectivity index (χ4n) is 2.79. The highest BCUT2D eigenvalue weighted by molar-refractivity contribution is 4.89. The normalized spacial score (nSPS) is 28.9. The lowest BCUT2D eigenvalue weighted by Crippen LogP contribution is -2.48. The molecule has 0 bridgehead atoms. The van der Waals surface area contributed by atoms with Crippen LogP contribution < -0.4 is 0 Å². The summed E-state index contributed by atoms with van der Waals surface area (Å²) in [5.41, 5.74) is 0.389. The van der Waals surface area contributed by atoms with Crippen molar-refractivity contribution in [2.45, 2.75) is 51.7 Å². The number of likely N-dealkylation sites (N-methyl/N-ethyl adjacent to an activating group) is 1. The lowest BCUT2D eigenvalue weighted by Gasteiger charge is -2.43. The minimum atomic E-state index is -0.132. The fourth-order valence-corrected chi connectivity index (χ4v) is 2.79. The molecule has 0 aromatic heterocycles. The molecule has 102 valence electrons. The van der Waals surface area contributed by atoms with Crippen LogP contribution in [0.25, 0.3) is 0 Å². The van der Waals surface area contributed by atoms with Gasteiger partial charge in [-0.15, -0.1) is 0 Å². The predicted molar refractivity (Wildman–Crippen MR) is 73.2 cm³/mol. The van der Waals surface area contributed by atoms with Gasteiger partial charge in [0.05, 0.1) is 6.10 Å². The van der Waals surface area contributed by atoms with Crippen molar-refractivity contribution in [2.75, 3.05) is 34.2 Å². The lowest BCUT2D eigenvalue weighted by atomic mass is 9.73. The van der Waals surface area contributed by atoms with Gasteiger partial charge in [0.2, 0.25) is 0 Å². The molecular formula is C14H30N2O. The molecule has 0 spiro atoms. The Morgan fingerprint density at radius 3 is 2.41 bits per heavy atom. The molecule has 2 unspecified atom stereocenters. The first kappa shape index (κ1) is 14.9. The van der Waals surface area contributed by atoms with Gasteiger partial charge in [-0.1, -0.05) is 13.8 Å². The number of rotatable bonds is 5. The second-order valence-corrected chi connectivity index (χ2v) is 6.68. The van der Waals surface area contributed by atoms with Gasteiger partial charge in [0.1, 0.15) is 0 Å². The van der Waals surface area contributed by atoms with Crippen LogP contribution in [0.2, 0.25) is 0 Å². The topological polar surface area (TPSA) is 26.7 Å². The average molecular weight is 242 g/mol. The molecule has 1 rings (SSSR count). The molecule has 1 aliphatic carbocycles. The molecule has 0 aromatic rings. The number of aliphatic hydroxyl groups excluding tert-OH is 1. The Morgan fingerprint density at radius 2 is 1.82 bits per heavy atom. The second-order valence-electron chi connectivity index (χ2n) is 6.68. The third-order valence-electron chi connectivity index (χ3n) is 4.01. The molecule has 0 radical (unpaired) electrons. The quantitative estimate of drug-likeness (QED) is 0.796. The SMILES string of the molecule is CN(C)CCCN(C)C1CC(C)(C)CCC1O. The minimum absolute atomic E-state index is 0.132. The first-order valence-electron chi connectivity index (χ1n) is 6.85. The fraction of sp³-hybridized carbons (Fsp3) is 1.00. The standard InChI is InChI=1S/C14H30N2O/c1-14(2)8-7-13(17)12(11-14)16(5)10-6-9-15(3)4/h12-13,17H,6-11H2,1-5H3. The van der Waals surface area contributed by atoms with Gasteiger partial charge in [0, 0.05) is 6.04 Å². The molecule has 1 aliphatic rings. The van der Waals surface area contributed by atoms with Crippen LogP contribution in [0.15, 0.2) is 0 Å². The third kappa shape index (κ3) is 4.94. The van der Waals surface area contributed by atoms with Crippen LogP contribution in [0, 0.1) is 5.41 Å². The summed E-state index contributed by atoms with van der Waals surface area (Å²) in [6.07, 6.45) is 4.26. The molecule has 3 nitrogen and oxygen atoms in total. The Bertz CT molecular complexity index is 228. The van der Waals surface area contributed by atoms with E-state index in [1.54, 1.807) is 0 Å². The summed E-state index contributed by atoms with van der Waals surface area (Å²) in [4.78, 5) is 4.57. The summed E-state index contributed by atoms with van der Waals surface area (Å²) in [7, 11) is 6.38. The molecule has 0 amide bonds. The van der Waals surface area contributed by atoms with E-state index in [-0.39, 0.29) is 6.10 Å². The van der Waals surface area contributed by atoms with Gasteiger partial charge in [0.15, 0.2) is 0 Å². The van der Waals surface area contributed by atoms with Gasteiger partial charge in [-0.3, -0.25) is 0 Å². The summed E-state index contributed by atoms with van der Waals surface area (Å²) in [5.74, 6) is 0. The van der Waals surface area contributed by atoms with Crippen LogP contribution in [0.4, 0.5) is 0 Å². The average Bonchev–Trinajstić information content (AvgIpc) is 2.21. The van der Waals surface area contributed by atoms with Gasteiger partial charge >= 0.3 is 0 Å². The van der Waals surface area contributed by atoms with E-state index in [4.69, 9.17) is 0 Å². The molecule has 1 fully saturated rings. The highest BCUT2D eigenvalue weighted by atomic mass is 16.3. The van der Waals surface area contributed by atoms with E-state index in [9.17, 15) is 5.11 Å². The van der Waals surface area contributed by atoms with Crippen LogP contribution in [-0.4, -0.2) is 61.3 Å². The summed E-state index contributed by atoms with van der Waals surface area (Å²) in [6, 6.07) is 0.348. The molecule has 0 aromatic carbocycles. The number of aliphatic hydroxyl groups is 1. The Hall–Kier alpha value is -0.120. The Balaban J connectivity index is 2.40. The van der Waals surface area contributed by atoms with Gasteiger partial charge in [-0.25, -0.2) is 0 Å². The van der Waals surface area contributed by atoms with E-state index in [0.717, 1.165) is 32.4 Å².